The van der Waals surface area contributed by atoms with Crippen molar-refractivity contribution in [3.05, 3.63) is 53.1 Å². The van der Waals surface area contributed by atoms with Gasteiger partial charge in [0.05, 0.1) is 5.69 Å². The first-order valence-corrected chi connectivity index (χ1v) is 7.34. The van der Waals surface area contributed by atoms with Gasteiger partial charge in [0, 0.05) is 16.0 Å². The van der Waals surface area contributed by atoms with E-state index in [9.17, 15) is 4.79 Å². The molecule has 0 aliphatic heterocycles. The van der Waals surface area contributed by atoms with Crippen molar-refractivity contribution in [2.45, 2.75) is 27.7 Å². The van der Waals surface area contributed by atoms with Crippen LogP contribution in [0.25, 0.3) is 11.1 Å². The Kier molecular flexibility index (Phi) is 4.38. The van der Waals surface area contributed by atoms with Gasteiger partial charge in [-0.15, -0.1) is 0 Å². The third-order valence-corrected chi connectivity index (χ3v) is 3.81. The number of hydrogen-bond donors (Lipinski definition) is 1. The number of carbonyl (C=O) groups is 1. The number of carbonyl (C=O) groups excluding carboxylic acids is 1. The second-order valence-electron chi connectivity index (χ2n) is 6.17. The van der Waals surface area contributed by atoms with E-state index < -0.39 is 5.41 Å². The number of halogens is 1. The summed E-state index contributed by atoms with van der Waals surface area (Å²) in [5, 5.41) is 3.69. The van der Waals surface area contributed by atoms with Crippen LogP contribution in [-0.4, -0.2) is 5.91 Å². The third kappa shape index (κ3) is 3.45. The first-order valence-electron chi connectivity index (χ1n) is 6.96. The van der Waals surface area contributed by atoms with Crippen molar-refractivity contribution in [1.29, 1.82) is 0 Å². The molecule has 1 amide bonds. The lowest BCUT2D eigenvalue weighted by molar-refractivity contribution is -0.123. The summed E-state index contributed by atoms with van der Waals surface area (Å²) in [6.45, 7) is 7.60. The Morgan fingerprint density at radius 3 is 2.24 bits per heavy atom. The van der Waals surface area contributed by atoms with Gasteiger partial charge in [0.25, 0.3) is 0 Å². The predicted octanol–water partition coefficient (Wildman–Crippen LogP) is 5.30. The van der Waals surface area contributed by atoms with E-state index in [0.29, 0.717) is 5.02 Å². The molecule has 21 heavy (non-hydrogen) atoms. The van der Waals surface area contributed by atoms with Gasteiger partial charge < -0.3 is 5.32 Å². The molecule has 0 spiro atoms. The Morgan fingerprint density at radius 2 is 1.67 bits per heavy atom. The van der Waals surface area contributed by atoms with Crippen LogP contribution in [0.15, 0.2) is 42.5 Å². The van der Waals surface area contributed by atoms with Gasteiger partial charge in [0.2, 0.25) is 5.91 Å². The maximum atomic E-state index is 12.3. The summed E-state index contributed by atoms with van der Waals surface area (Å²) in [6.07, 6.45) is 0. The summed E-state index contributed by atoms with van der Waals surface area (Å²) in [5.74, 6) is -0.0231. The zero-order valence-electron chi connectivity index (χ0n) is 12.8. The highest BCUT2D eigenvalue weighted by Gasteiger charge is 2.23. The minimum Gasteiger partial charge on any atom is -0.325 e. The van der Waals surface area contributed by atoms with E-state index in [2.05, 4.69) is 5.32 Å². The molecule has 2 nitrogen and oxygen atoms in total. The van der Waals surface area contributed by atoms with Crippen LogP contribution in [-0.2, 0) is 4.79 Å². The van der Waals surface area contributed by atoms with Gasteiger partial charge in [0.1, 0.15) is 0 Å². The summed E-state index contributed by atoms with van der Waals surface area (Å²) >= 11 is 6.22. The standard InChI is InChI=1S/C18H20ClNO/c1-12-15(19)11-10-14(13-8-6-5-7-9-13)16(12)20-17(21)18(2,3)4/h5-11H,1-4H3,(H,20,21). The summed E-state index contributed by atoms with van der Waals surface area (Å²) in [4.78, 5) is 12.3. The van der Waals surface area contributed by atoms with Crippen LogP contribution >= 0.6 is 11.6 Å². The average Bonchev–Trinajstić information content (AvgIpc) is 2.44. The van der Waals surface area contributed by atoms with E-state index in [1.54, 1.807) is 0 Å². The molecule has 1 N–H and O–H groups in total. The van der Waals surface area contributed by atoms with Crippen molar-refractivity contribution in [3.8, 4) is 11.1 Å². The Morgan fingerprint density at radius 1 is 1.05 bits per heavy atom. The molecule has 0 radical (unpaired) electrons. The molecular weight excluding hydrogens is 282 g/mol. The Hall–Kier alpha value is -1.80. The van der Waals surface area contributed by atoms with Gasteiger partial charge in [0.15, 0.2) is 0 Å². The monoisotopic (exact) mass is 301 g/mol. The van der Waals surface area contributed by atoms with Crippen LogP contribution in [0.2, 0.25) is 5.02 Å². The number of nitrogens with one attached hydrogen (secondary N) is 1. The molecule has 2 rings (SSSR count). The fourth-order valence-electron chi connectivity index (χ4n) is 2.01. The molecule has 0 saturated heterocycles. The van der Waals surface area contributed by atoms with E-state index in [-0.39, 0.29) is 5.91 Å². The molecule has 0 aliphatic carbocycles. The van der Waals surface area contributed by atoms with Gasteiger partial charge in [-0.1, -0.05) is 68.8 Å². The van der Waals surface area contributed by atoms with E-state index in [1.165, 1.54) is 0 Å². The summed E-state index contributed by atoms with van der Waals surface area (Å²) in [6, 6.07) is 13.8. The van der Waals surface area contributed by atoms with Crippen LogP contribution in [0.4, 0.5) is 5.69 Å². The molecule has 0 aliphatic rings. The van der Waals surface area contributed by atoms with Crippen molar-refractivity contribution in [1.82, 2.24) is 0 Å². The van der Waals surface area contributed by atoms with Gasteiger partial charge in [-0.05, 0) is 24.1 Å². The SMILES string of the molecule is Cc1c(Cl)ccc(-c2ccccc2)c1NC(=O)C(C)(C)C. The van der Waals surface area contributed by atoms with E-state index >= 15 is 0 Å². The molecule has 3 heteroatoms. The highest BCUT2D eigenvalue weighted by molar-refractivity contribution is 6.32. The Bertz CT molecular complexity index is 657. The largest absolute Gasteiger partial charge is 0.325 e. The smallest absolute Gasteiger partial charge is 0.229 e. The number of amides is 1. The molecule has 110 valence electrons. The summed E-state index contributed by atoms with van der Waals surface area (Å²) in [5.41, 5.74) is 3.25. The predicted molar refractivity (Wildman–Crippen MR) is 89.7 cm³/mol. The molecule has 0 unspecified atom stereocenters. The Balaban J connectivity index is 2.53. The fraction of sp³-hybridized carbons (Fsp3) is 0.278. The Labute approximate surface area is 131 Å². The lowest BCUT2D eigenvalue weighted by Crippen LogP contribution is -2.28. The highest BCUT2D eigenvalue weighted by Crippen LogP contribution is 2.35. The molecule has 2 aromatic rings. The molecule has 0 bridgehead atoms. The van der Waals surface area contributed by atoms with Crippen LogP contribution in [0.1, 0.15) is 26.3 Å². The fourth-order valence-corrected chi connectivity index (χ4v) is 2.16. The molecule has 0 saturated carbocycles. The number of benzene rings is 2. The van der Waals surface area contributed by atoms with Gasteiger partial charge in [-0.3, -0.25) is 4.79 Å². The van der Waals surface area contributed by atoms with Gasteiger partial charge in [-0.25, -0.2) is 0 Å². The zero-order valence-corrected chi connectivity index (χ0v) is 13.6. The first kappa shape index (κ1) is 15.6. The minimum atomic E-state index is -0.456. The maximum absolute atomic E-state index is 12.3. The van der Waals surface area contributed by atoms with Crippen molar-refractivity contribution >= 4 is 23.2 Å². The summed E-state index contributed by atoms with van der Waals surface area (Å²) < 4.78 is 0. The second kappa shape index (κ2) is 5.90. The van der Waals surface area contributed by atoms with E-state index in [4.69, 9.17) is 11.6 Å². The molecule has 0 aromatic heterocycles. The molecule has 0 fully saturated rings. The lowest BCUT2D eigenvalue weighted by Gasteiger charge is -2.21. The molecule has 2 aromatic carbocycles. The third-order valence-electron chi connectivity index (χ3n) is 3.40. The van der Waals surface area contributed by atoms with Crippen molar-refractivity contribution < 1.29 is 4.79 Å². The minimum absolute atomic E-state index is 0.0231. The first-order chi connectivity index (χ1) is 9.80. The van der Waals surface area contributed by atoms with E-state index in [0.717, 1.165) is 22.4 Å². The second-order valence-corrected chi connectivity index (χ2v) is 6.57. The molecular formula is C18H20ClNO. The number of anilines is 1. The van der Waals surface area contributed by atoms with Crippen LogP contribution < -0.4 is 5.32 Å². The number of hydrogen-bond acceptors (Lipinski definition) is 1. The lowest BCUT2D eigenvalue weighted by atomic mass is 9.94. The van der Waals surface area contributed by atoms with Gasteiger partial charge >= 0.3 is 0 Å². The van der Waals surface area contributed by atoms with Crippen LogP contribution in [0.3, 0.4) is 0 Å². The van der Waals surface area contributed by atoms with Gasteiger partial charge in [-0.2, -0.15) is 0 Å². The molecule has 0 atom stereocenters. The van der Waals surface area contributed by atoms with Crippen molar-refractivity contribution in [2.75, 3.05) is 5.32 Å². The molecule has 0 heterocycles. The highest BCUT2D eigenvalue weighted by atomic mass is 35.5. The number of rotatable bonds is 2. The van der Waals surface area contributed by atoms with Crippen LogP contribution in [0, 0.1) is 12.3 Å². The van der Waals surface area contributed by atoms with E-state index in [1.807, 2.05) is 70.2 Å². The topological polar surface area (TPSA) is 29.1 Å². The van der Waals surface area contributed by atoms with Crippen molar-refractivity contribution in [3.63, 3.8) is 0 Å². The van der Waals surface area contributed by atoms with Crippen molar-refractivity contribution in [2.24, 2.45) is 5.41 Å². The average molecular weight is 302 g/mol. The van der Waals surface area contributed by atoms with Crippen LogP contribution in [0.5, 0.6) is 0 Å². The summed E-state index contributed by atoms with van der Waals surface area (Å²) in [7, 11) is 0. The quantitative estimate of drug-likeness (QED) is 0.801. The maximum Gasteiger partial charge on any atom is 0.229 e. The zero-order chi connectivity index (χ0) is 15.6. The normalized spacial score (nSPS) is 11.3.